The maximum Gasteiger partial charge on any atom is 0.124 e. The first kappa shape index (κ1) is 15.0. The van der Waals surface area contributed by atoms with Gasteiger partial charge in [0.15, 0.2) is 0 Å². The number of rotatable bonds is 1. The van der Waals surface area contributed by atoms with E-state index in [0.29, 0.717) is 5.75 Å². The molecule has 5 aromatic rings. The molecule has 0 unspecified atom stereocenters. The highest BCUT2D eigenvalue weighted by molar-refractivity contribution is 6.23. The predicted molar refractivity (Wildman–Crippen MR) is 112 cm³/mol. The van der Waals surface area contributed by atoms with Crippen molar-refractivity contribution in [1.29, 1.82) is 0 Å². The molecule has 0 aromatic heterocycles. The molecule has 2 heteroatoms. The Labute approximate surface area is 151 Å². The predicted octanol–water partition coefficient (Wildman–Crippen LogP) is 6.07. The first-order valence-electron chi connectivity index (χ1n) is 8.81. The van der Waals surface area contributed by atoms with Gasteiger partial charge in [0.2, 0.25) is 0 Å². The second kappa shape index (κ2) is 5.37. The maximum atomic E-state index is 10.7. The van der Waals surface area contributed by atoms with Crippen LogP contribution in [0, 0.1) is 0 Å². The Hall–Kier alpha value is -3.26. The van der Waals surface area contributed by atoms with E-state index < -0.39 is 0 Å². The van der Waals surface area contributed by atoms with Crippen LogP contribution in [0.3, 0.4) is 0 Å². The normalized spacial score (nSPS) is 11.6. The van der Waals surface area contributed by atoms with Crippen LogP contribution in [0.2, 0.25) is 0 Å². The summed E-state index contributed by atoms with van der Waals surface area (Å²) in [6.45, 7) is 0. The number of anilines is 1. The lowest BCUT2D eigenvalue weighted by Crippen LogP contribution is -2.08. The average Bonchev–Trinajstić information content (AvgIpc) is 2.67. The number of nitrogens with zero attached hydrogens (tertiary/aromatic N) is 1. The summed E-state index contributed by atoms with van der Waals surface area (Å²) in [4.78, 5) is 2.09. The van der Waals surface area contributed by atoms with Gasteiger partial charge in [-0.05, 0) is 62.0 Å². The summed E-state index contributed by atoms with van der Waals surface area (Å²) in [6, 6.07) is 25.3. The molecule has 0 heterocycles. The number of hydrogen-bond acceptors (Lipinski definition) is 2. The molecule has 0 aliphatic heterocycles. The van der Waals surface area contributed by atoms with Crippen LogP contribution in [0.25, 0.3) is 43.1 Å². The maximum absolute atomic E-state index is 10.7. The SMILES string of the molecule is CN(C)c1ccc2c(O)cc3c(ccc4c5ccccc5ccc43)c2c1. The Morgan fingerprint density at radius 1 is 0.577 bits per heavy atom. The van der Waals surface area contributed by atoms with E-state index in [4.69, 9.17) is 0 Å². The molecule has 1 N–H and O–H groups in total. The number of phenols is 1. The summed E-state index contributed by atoms with van der Waals surface area (Å²) in [5, 5.41) is 19.8. The van der Waals surface area contributed by atoms with Crippen molar-refractivity contribution in [1.82, 2.24) is 0 Å². The molecule has 0 saturated heterocycles. The third-order valence-electron chi connectivity index (χ3n) is 5.33. The van der Waals surface area contributed by atoms with E-state index in [0.717, 1.165) is 21.8 Å². The molecule has 0 amide bonds. The smallest absolute Gasteiger partial charge is 0.124 e. The van der Waals surface area contributed by atoms with Crippen LogP contribution in [0.15, 0.2) is 72.8 Å². The molecule has 0 bridgehead atoms. The Morgan fingerprint density at radius 3 is 2.00 bits per heavy atom. The Kier molecular flexibility index (Phi) is 3.10. The fraction of sp³-hybridized carbons (Fsp3) is 0.0833. The van der Waals surface area contributed by atoms with Gasteiger partial charge in [0, 0.05) is 25.2 Å². The summed E-state index contributed by atoms with van der Waals surface area (Å²) in [5.74, 6) is 0.332. The van der Waals surface area contributed by atoms with E-state index >= 15 is 0 Å². The van der Waals surface area contributed by atoms with Gasteiger partial charge in [0.1, 0.15) is 5.75 Å². The molecule has 2 nitrogen and oxygen atoms in total. The van der Waals surface area contributed by atoms with Crippen LogP contribution in [-0.2, 0) is 0 Å². The number of phenolic OH excluding ortho intramolecular Hbond substituents is 1. The van der Waals surface area contributed by atoms with Crippen LogP contribution in [0.4, 0.5) is 5.69 Å². The molecule has 0 saturated carbocycles. The highest BCUT2D eigenvalue weighted by Gasteiger charge is 2.11. The van der Waals surface area contributed by atoms with Gasteiger partial charge in [-0.2, -0.15) is 0 Å². The van der Waals surface area contributed by atoms with E-state index in [1.165, 1.54) is 26.9 Å². The molecule has 0 spiro atoms. The largest absolute Gasteiger partial charge is 0.507 e. The third kappa shape index (κ3) is 2.05. The van der Waals surface area contributed by atoms with Gasteiger partial charge in [-0.15, -0.1) is 0 Å². The molecule has 0 fully saturated rings. The molecule has 0 aliphatic rings. The van der Waals surface area contributed by atoms with Crippen LogP contribution < -0.4 is 4.90 Å². The molecular formula is C24H19NO. The van der Waals surface area contributed by atoms with E-state index in [2.05, 4.69) is 59.5 Å². The number of aromatic hydroxyl groups is 1. The van der Waals surface area contributed by atoms with Crippen molar-refractivity contribution in [2.45, 2.75) is 0 Å². The van der Waals surface area contributed by atoms with E-state index in [1.807, 2.05) is 32.3 Å². The zero-order valence-corrected chi connectivity index (χ0v) is 14.8. The molecule has 5 rings (SSSR count). The molecule has 126 valence electrons. The second-order valence-electron chi connectivity index (χ2n) is 7.06. The van der Waals surface area contributed by atoms with E-state index in [-0.39, 0.29) is 0 Å². The van der Waals surface area contributed by atoms with Gasteiger partial charge in [-0.1, -0.05) is 48.5 Å². The van der Waals surface area contributed by atoms with Crippen molar-refractivity contribution in [3.8, 4) is 5.75 Å². The van der Waals surface area contributed by atoms with Crippen molar-refractivity contribution in [3.63, 3.8) is 0 Å². The highest BCUT2D eigenvalue weighted by Crippen LogP contribution is 2.39. The lowest BCUT2D eigenvalue weighted by Gasteiger charge is -2.15. The molecule has 26 heavy (non-hydrogen) atoms. The molecule has 0 radical (unpaired) electrons. The quantitative estimate of drug-likeness (QED) is 0.375. The number of fused-ring (bicyclic) bond motifs is 7. The molecule has 0 atom stereocenters. The van der Waals surface area contributed by atoms with Crippen LogP contribution in [0.1, 0.15) is 0 Å². The first-order valence-corrected chi connectivity index (χ1v) is 8.81. The zero-order valence-electron chi connectivity index (χ0n) is 14.8. The van der Waals surface area contributed by atoms with Crippen molar-refractivity contribution in [2.75, 3.05) is 19.0 Å². The minimum absolute atomic E-state index is 0.332. The van der Waals surface area contributed by atoms with Gasteiger partial charge in [0.05, 0.1) is 0 Å². The Bertz CT molecular complexity index is 1320. The van der Waals surface area contributed by atoms with Crippen LogP contribution >= 0.6 is 0 Å². The monoisotopic (exact) mass is 337 g/mol. The Balaban J connectivity index is 1.98. The van der Waals surface area contributed by atoms with Gasteiger partial charge in [-0.3, -0.25) is 0 Å². The molecular weight excluding hydrogens is 318 g/mol. The highest BCUT2D eigenvalue weighted by atomic mass is 16.3. The zero-order chi connectivity index (χ0) is 17.8. The van der Waals surface area contributed by atoms with Crippen molar-refractivity contribution in [3.05, 3.63) is 72.8 Å². The molecule has 0 aliphatic carbocycles. The topological polar surface area (TPSA) is 23.5 Å². The summed E-state index contributed by atoms with van der Waals surface area (Å²) >= 11 is 0. The number of benzene rings is 5. The van der Waals surface area contributed by atoms with Gasteiger partial charge in [-0.25, -0.2) is 0 Å². The fourth-order valence-corrected chi connectivity index (χ4v) is 3.97. The minimum atomic E-state index is 0.332. The number of hydrogen-bond donors (Lipinski definition) is 1. The third-order valence-corrected chi connectivity index (χ3v) is 5.33. The van der Waals surface area contributed by atoms with Crippen molar-refractivity contribution < 1.29 is 5.11 Å². The second-order valence-corrected chi connectivity index (χ2v) is 7.06. The lowest BCUT2D eigenvalue weighted by atomic mass is 9.93. The summed E-state index contributed by atoms with van der Waals surface area (Å²) in [5.41, 5.74) is 1.13. The first-order chi connectivity index (χ1) is 12.6. The van der Waals surface area contributed by atoms with Gasteiger partial charge >= 0.3 is 0 Å². The Morgan fingerprint density at radius 2 is 1.19 bits per heavy atom. The van der Waals surface area contributed by atoms with Crippen molar-refractivity contribution >= 4 is 48.8 Å². The standard InChI is InChI=1S/C24H19NO/c1-25(2)16-8-10-21-22(13-16)20-12-11-18-17-6-4-3-5-15(17)7-9-19(18)23(20)14-24(21)26/h3-14,26H,1-2H3. The van der Waals surface area contributed by atoms with Crippen LogP contribution in [-0.4, -0.2) is 19.2 Å². The summed E-state index contributed by atoms with van der Waals surface area (Å²) in [7, 11) is 4.07. The van der Waals surface area contributed by atoms with E-state index in [9.17, 15) is 5.11 Å². The fourth-order valence-electron chi connectivity index (χ4n) is 3.97. The van der Waals surface area contributed by atoms with Gasteiger partial charge in [0.25, 0.3) is 0 Å². The summed E-state index contributed by atoms with van der Waals surface area (Å²) < 4.78 is 0. The van der Waals surface area contributed by atoms with Crippen molar-refractivity contribution in [2.24, 2.45) is 0 Å². The lowest BCUT2D eigenvalue weighted by molar-refractivity contribution is 0.482. The van der Waals surface area contributed by atoms with Crippen LogP contribution in [0.5, 0.6) is 5.75 Å². The van der Waals surface area contributed by atoms with E-state index in [1.54, 1.807) is 0 Å². The summed E-state index contributed by atoms with van der Waals surface area (Å²) in [6.07, 6.45) is 0. The molecule has 5 aromatic carbocycles. The minimum Gasteiger partial charge on any atom is -0.507 e. The van der Waals surface area contributed by atoms with Gasteiger partial charge < -0.3 is 10.0 Å². The average molecular weight is 337 g/mol.